The van der Waals surface area contributed by atoms with Crippen molar-refractivity contribution < 1.29 is 9.59 Å². The standard InChI is InChI=1S/C25H33N7O2/c1-4-32-21(13-14-27-32)24(33)29-23(18-9-7-5-6-8-10-18)25(34)28-19-11-12-20(26-15-19)22-16(2)30-31-17(22)3/h11-15,18,23H,4-10H2,1-3H3,(H,28,34)(H,29,33)(H,30,31). The van der Waals surface area contributed by atoms with Gasteiger partial charge in [-0.1, -0.05) is 25.7 Å². The molecule has 2 amide bonds. The molecule has 0 spiro atoms. The van der Waals surface area contributed by atoms with Crippen molar-refractivity contribution in [1.29, 1.82) is 0 Å². The molecule has 0 saturated heterocycles. The molecule has 3 aromatic heterocycles. The van der Waals surface area contributed by atoms with E-state index in [9.17, 15) is 9.59 Å². The van der Waals surface area contributed by atoms with Crippen LogP contribution >= 0.6 is 0 Å². The number of rotatable bonds is 7. The normalized spacial score (nSPS) is 15.5. The van der Waals surface area contributed by atoms with Crippen LogP contribution in [-0.4, -0.2) is 42.8 Å². The number of hydrogen-bond donors (Lipinski definition) is 3. The summed E-state index contributed by atoms with van der Waals surface area (Å²) in [6, 6.07) is 4.77. The van der Waals surface area contributed by atoms with Crippen LogP contribution in [-0.2, 0) is 11.3 Å². The van der Waals surface area contributed by atoms with E-state index in [-0.39, 0.29) is 17.7 Å². The predicted octanol–water partition coefficient (Wildman–Crippen LogP) is 4.01. The highest BCUT2D eigenvalue weighted by Gasteiger charge is 2.31. The molecule has 9 heteroatoms. The fourth-order valence-corrected chi connectivity index (χ4v) is 4.80. The summed E-state index contributed by atoms with van der Waals surface area (Å²) in [6.07, 6.45) is 9.56. The van der Waals surface area contributed by atoms with E-state index in [1.165, 1.54) is 12.8 Å². The monoisotopic (exact) mass is 463 g/mol. The van der Waals surface area contributed by atoms with E-state index in [1.807, 2.05) is 32.9 Å². The van der Waals surface area contributed by atoms with Gasteiger partial charge in [-0.25, -0.2) is 0 Å². The van der Waals surface area contributed by atoms with Gasteiger partial charge < -0.3 is 10.6 Å². The van der Waals surface area contributed by atoms with Gasteiger partial charge in [0.1, 0.15) is 11.7 Å². The highest BCUT2D eigenvalue weighted by atomic mass is 16.2. The van der Waals surface area contributed by atoms with Crippen LogP contribution in [0.1, 0.15) is 67.3 Å². The van der Waals surface area contributed by atoms with E-state index >= 15 is 0 Å². The quantitative estimate of drug-likeness (QED) is 0.458. The van der Waals surface area contributed by atoms with Crippen molar-refractivity contribution in [1.82, 2.24) is 30.3 Å². The van der Waals surface area contributed by atoms with Gasteiger partial charge in [0.15, 0.2) is 0 Å². The summed E-state index contributed by atoms with van der Waals surface area (Å²) in [5.74, 6) is -0.399. The molecule has 1 aliphatic carbocycles. The summed E-state index contributed by atoms with van der Waals surface area (Å²) in [5.41, 5.74) is 4.65. The summed E-state index contributed by atoms with van der Waals surface area (Å²) in [6.45, 7) is 6.41. The Balaban J connectivity index is 1.52. The third kappa shape index (κ3) is 5.18. The molecule has 34 heavy (non-hydrogen) atoms. The fourth-order valence-electron chi connectivity index (χ4n) is 4.80. The maximum absolute atomic E-state index is 13.4. The van der Waals surface area contributed by atoms with Crippen LogP contribution in [0, 0.1) is 19.8 Å². The number of aromatic amines is 1. The van der Waals surface area contributed by atoms with Gasteiger partial charge in [-0.2, -0.15) is 10.2 Å². The van der Waals surface area contributed by atoms with Gasteiger partial charge in [-0.15, -0.1) is 0 Å². The number of nitrogens with zero attached hydrogens (tertiary/aromatic N) is 4. The summed E-state index contributed by atoms with van der Waals surface area (Å²) in [4.78, 5) is 31.0. The first kappa shape index (κ1) is 23.7. The second kappa shape index (κ2) is 10.6. The molecule has 180 valence electrons. The summed E-state index contributed by atoms with van der Waals surface area (Å²) >= 11 is 0. The third-order valence-corrected chi connectivity index (χ3v) is 6.60. The molecule has 3 N–H and O–H groups in total. The number of carbonyl (C=O) groups excluding carboxylic acids is 2. The second-order valence-electron chi connectivity index (χ2n) is 8.97. The number of hydrogen-bond acceptors (Lipinski definition) is 5. The van der Waals surface area contributed by atoms with E-state index < -0.39 is 6.04 Å². The smallest absolute Gasteiger partial charge is 0.270 e. The maximum Gasteiger partial charge on any atom is 0.270 e. The fraction of sp³-hybridized carbons (Fsp3) is 0.480. The minimum absolute atomic E-state index is 0.0907. The highest BCUT2D eigenvalue weighted by Crippen LogP contribution is 2.27. The van der Waals surface area contributed by atoms with Crippen molar-refractivity contribution in [3.05, 3.63) is 47.7 Å². The molecular weight excluding hydrogens is 430 g/mol. The molecule has 1 atom stereocenters. The number of carbonyl (C=O) groups is 2. The van der Waals surface area contributed by atoms with Crippen LogP contribution in [0.15, 0.2) is 30.6 Å². The molecule has 4 rings (SSSR count). The lowest BCUT2D eigenvalue weighted by atomic mass is 9.91. The molecule has 1 saturated carbocycles. The highest BCUT2D eigenvalue weighted by molar-refractivity contribution is 6.00. The molecule has 1 unspecified atom stereocenters. The van der Waals surface area contributed by atoms with Crippen LogP contribution in [0.4, 0.5) is 5.69 Å². The Hall–Kier alpha value is -3.49. The van der Waals surface area contributed by atoms with E-state index in [0.717, 1.165) is 48.3 Å². The first-order valence-corrected chi connectivity index (χ1v) is 12.1. The number of aromatic nitrogens is 5. The Kier molecular flexibility index (Phi) is 7.40. The largest absolute Gasteiger partial charge is 0.339 e. The van der Waals surface area contributed by atoms with Gasteiger partial charge in [0.05, 0.1) is 23.3 Å². The third-order valence-electron chi connectivity index (χ3n) is 6.60. The Morgan fingerprint density at radius 2 is 1.91 bits per heavy atom. The van der Waals surface area contributed by atoms with Gasteiger partial charge in [-0.05, 0) is 57.7 Å². The SMILES string of the molecule is CCn1nccc1C(=O)NC(C(=O)Nc1ccc(-c2c(C)n[nH]c2C)nc1)C1CCCCCC1. The van der Waals surface area contributed by atoms with Crippen molar-refractivity contribution >= 4 is 17.5 Å². The Morgan fingerprint density at radius 1 is 1.15 bits per heavy atom. The number of H-pyrrole nitrogens is 1. The molecule has 3 aromatic rings. The molecule has 1 aliphatic rings. The molecule has 0 bridgehead atoms. The van der Waals surface area contributed by atoms with Crippen LogP contribution in [0.3, 0.4) is 0 Å². The Morgan fingerprint density at radius 3 is 2.53 bits per heavy atom. The lowest BCUT2D eigenvalue weighted by Gasteiger charge is -2.26. The number of anilines is 1. The maximum atomic E-state index is 13.4. The van der Waals surface area contributed by atoms with Gasteiger partial charge in [0.25, 0.3) is 5.91 Å². The number of nitrogens with one attached hydrogen (secondary N) is 3. The minimum Gasteiger partial charge on any atom is -0.339 e. The zero-order valence-corrected chi connectivity index (χ0v) is 20.1. The van der Waals surface area contributed by atoms with E-state index in [4.69, 9.17) is 0 Å². The van der Waals surface area contributed by atoms with Gasteiger partial charge >= 0.3 is 0 Å². The number of pyridine rings is 1. The Labute approximate surface area is 199 Å². The average Bonchev–Trinajstić information content (AvgIpc) is 3.34. The van der Waals surface area contributed by atoms with Gasteiger partial charge in [0.2, 0.25) is 5.91 Å². The summed E-state index contributed by atoms with van der Waals surface area (Å²) in [7, 11) is 0. The molecular formula is C25H33N7O2. The molecule has 0 aliphatic heterocycles. The molecule has 9 nitrogen and oxygen atoms in total. The molecule has 0 aromatic carbocycles. The van der Waals surface area contributed by atoms with Crippen LogP contribution in [0.2, 0.25) is 0 Å². The zero-order valence-electron chi connectivity index (χ0n) is 20.1. The number of aryl methyl sites for hydroxylation is 3. The van der Waals surface area contributed by atoms with Crippen LogP contribution in [0.5, 0.6) is 0 Å². The van der Waals surface area contributed by atoms with Gasteiger partial charge in [-0.3, -0.25) is 24.4 Å². The van der Waals surface area contributed by atoms with Crippen molar-refractivity contribution in [2.75, 3.05) is 5.32 Å². The van der Waals surface area contributed by atoms with E-state index in [0.29, 0.717) is 17.9 Å². The Bertz CT molecular complexity index is 1110. The average molecular weight is 464 g/mol. The van der Waals surface area contributed by atoms with Crippen molar-refractivity contribution in [3.63, 3.8) is 0 Å². The first-order valence-electron chi connectivity index (χ1n) is 12.1. The molecule has 3 heterocycles. The molecule has 1 fully saturated rings. The minimum atomic E-state index is -0.621. The van der Waals surface area contributed by atoms with Crippen molar-refractivity contribution in [3.8, 4) is 11.3 Å². The lowest BCUT2D eigenvalue weighted by molar-refractivity contribution is -0.119. The summed E-state index contributed by atoms with van der Waals surface area (Å²) in [5, 5.41) is 17.4. The lowest BCUT2D eigenvalue weighted by Crippen LogP contribution is -2.49. The van der Waals surface area contributed by atoms with E-state index in [1.54, 1.807) is 23.1 Å². The first-order chi connectivity index (χ1) is 16.5. The van der Waals surface area contributed by atoms with E-state index in [2.05, 4.69) is 30.9 Å². The predicted molar refractivity (Wildman–Crippen MR) is 130 cm³/mol. The van der Waals surface area contributed by atoms with Crippen LogP contribution in [0.25, 0.3) is 11.3 Å². The van der Waals surface area contributed by atoms with Gasteiger partial charge in [0, 0.05) is 24.0 Å². The van der Waals surface area contributed by atoms with Crippen LogP contribution < -0.4 is 10.6 Å². The summed E-state index contributed by atoms with van der Waals surface area (Å²) < 4.78 is 1.64. The number of amides is 2. The van der Waals surface area contributed by atoms with Crippen molar-refractivity contribution in [2.24, 2.45) is 5.92 Å². The second-order valence-corrected chi connectivity index (χ2v) is 8.97. The zero-order chi connectivity index (χ0) is 24.1. The topological polar surface area (TPSA) is 118 Å². The van der Waals surface area contributed by atoms with Crippen molar-refractivity contribution in [2.45, 2.75) is 71.9 Å². The molecule has 0 radical (unpaired) electrons.